The quantitative estimate of drug-likeness (QED) is 0.810. The summed E-state index contributed by atoms with van der Waals surface area (Å²) in [6.07, 6.45) is 1.16. The van der Waals surface area contributed by atoms with Crippen LogP contribution in [0.3, 0.4) is 0 Å². The molecular formula is C19H22ClNO4S. The highest BCUT2D eigenvalue weighted by Gasteiger charge is 2.13. The molecule has 0 aliphatic rings. The maximum absolute atomic E-state index is 12.1. The predicted molar refractivity (Wildman–Crippen MR) is 103 cm³/mol. The van der Waals surface area contributed by atoms with Crippen LogP contribution < -0.4 is 10.1 Å². The summed E-state index contributed by atoms with van der Waals surface area (Å²) in [6.45, 7) is 5.46. The molecule has 0 fully saturated rings. The van der Waals surface area contributed by atoms with Crippen molar-refractivity contribution >= 4 is 27.3 Å². The van der Waals surface area contributed by atoms with Crippen molar-refractivity contribution in [3.05, 3.63) is 58.1 Å². The molecule has 7 heteroatoms. The maximum atomic E-state index is 12.1. The Hall–Kier alpha value is -2.05. The van der Waals surface area contributed by atoms with Crippen LogP contribution in [0.1, 0.15) is 29.7 Å². The number of hydrogen-bond donors (Lipinski definition) is 1. The van der Waals surface area contributed by atoms with Crippen molar-refractivity contribution in [3.63, 3.8) is 0 Å². The van der Waals surface area contributed by atoms with E-state index in [1.54, 1.807) is 24.3 Å². The molecule has 0 spiro atoms. The second-order valence-electron chi connectivity index (χ2n) is 6.29. The molecule has 0 heterocycles. The average Bonchev–Trinajstić information content (AvgIpc) is 2.57. The van der Waals surface area contributed by atoms with E-state index in [-0.39, 0.29) is 23.5 Å². The predicted octanol–water partition coefficient (Wildman–Crippen LogP) is 3.62. The topological polar surface area (TPSA) is 72.5 Å². The zero-order valence-electron chi connectivity index (χ0n) is 15.2. The minimum Gasteiger partial charge on any atom is -0.484 e. The fourth-order valence-electron chi connectivity index (χ4n) is 2.51. The summed E-state index contributed by atoms with van der Waals surface area (Å²) >= 11 is 6.12. The molecular weight excluding hydrogens is 374 g/mol. The first-order valence-electron chi connectivity index (χ1n) is 8.07. The molecule has 2 aromatic rings. The third-order valence-corrected chi connectivity index (χ3v) is 5.69. The molecule has 0 aliphatic carbocycles. The summed E-state index contributed by atoms with van der Waals surface area (Å²) in [6, 6.07) is 9.74. The minimum absolute atomic E-state index is 0.119. The molecule has 26 heavy (non-hydrogen) atoms. The molecule has 0 saturated carbocycles. The molecule has 140 valence electrons. The number of ether oxygens (including phenoxy) is 1. The number of halogens is 1. The molecule has 1 N–H and O–H groups in total. The third-order valence-electron chi connectivity index (χ3n) is 3.97. The van der Waals surface area contributed by atoms with Gasteiger partial charge in [0.15, 0.2) is 16.4 Å². The second-order valence-corrected chi connectivity index (χ2v) is 8.68. The lowest BCUT2D eigenvalue weighted by atomic mass is 10.1. The summed E-state index contributed by atoms with van der Waals surface area (Å²) < 4.78 is 28.5. The van der Waals surface area contributed by atoms with Crippen LogP contribution in [0.2, 0.25) is 5.02 Å². The summed E-state index contributed by atoms with van der Waals surface area (Å²) in [5.74, 6) is 0.319. The van der Waals surface area contributed by atoms with Gasteiger partial charge in [-0.05, 0) is 61.7 Å². The molecule has 0 unspecified atom stereocenters. The molecule has 1 amide bonds. The number of carbonyl (C=O) groups is 1. The Morgan fingerprint density at radius 3 is 2.19 bits per heavy atom. The number of benzene rings is 2. The lowest BCUT2D eigenvalue weighted by Crippen LogP contribution is -2.31. The van der Waals surface area contributed by atoms with Crippen LogP contribution in [0.15, 0.2) is 41.3 Å². The van der Waals surface area contributed by atoms with Crippen molar-refractivity contribution in [1.82, 2.24) is 5.32 Å². The van der Waals surface area contributed by atoms with Gasteiger partial charge in [-0.2, -0.15) is 0 Å². The van der Waals surface area contributed by atoms with Crippen LogP contribution in [0, 0.1) is 13.8 Å². The van der Waals surface area contributed by atoms with E-state index in [9.17, 15) is 13.2 Å². The monoisotopic (exact) mass is 395 g/mol. The number of rotatable bonds is 6. The minimum atomic E-state index is -3.23. The maximum Gasteiger partial charge on any atom is 0.258 e. The Labute approximate surface area is 159 Å². The van der Waals surface area contributed by atoms with E-state index in [1.165, 1.54) is 12.1 Å². The molecule has 1 atom stereocenters. The second kappa shape index (κ2) is 8.10. The van der Waals surface area contributed by atoms with Crippen LogP contribution in [0.4, 0.5) is 0 Å². The summed E-state index contributed by atoms with van der Waals surface area (Å²) in [5, 5.41) is 3.51. The zero-order valence-corrected chi connectivity index (χ0v) is 16.7. The van der Waals surface area contributed by atoms with E-state index in [1.807, 2.05) is 20.8 Å². The molecule has 0 radical (unpaired) electrons. The average molecular weight is 396 g/mol. The van der Waals surface area contributed by atoms with Gasteiger partial charge < -0.3 is 10.1 Å². The molecule has 5 nitrogen and oxygen atoms in total. The largest absolute Gasteiger partial charge is 0.484 e. The normalized spacial score (nSPS) is 12.5. The van der Waals surface area contributed by atoms with Crippen molar-refractivity contribution in [2.45, 2.75) is 31.7 Å². The van der Waals surface area contributed by atoms with Crippen LogP contribution >= 0.6 is 11.6 Å². The van der Waals surface area contributed by atoms with Gasteiger partial charge in [-0.25, -0.2) is 8.42 Å². The van der Waals surface area contributed by atoms with Gasteiger partial charge in [-0.1, -0.05) is 23.7 Å². The first kappa shape index (κ1) is 20.3. The molecule has 2 rings (SSSR count). The SMILES string of the molecule is Cc1cc(OCC(=O)N[C@@H](C)c2ccc(S(C)(=O)=O)cc2)cc(C)c1Cl. The van der Waals surface area contributed by atoms with Crippen molar-refractivity contribution < 1.29 is 17.9 Å². The van der Waals surface area contributed by atoms with Crippen molar-refractivity contribution in [2.75, 3.05) is 12.9 Å². The third kappa shape index (κ3) is 5.22. The lowest BCUT2D eigenvalue weighted by Gasteiger charge is -2.15. The van der Waals surface area contributed by atoms with Crippen molar-refractivity contribution in [3.8, 4) is 5.75 Å². The smallest absolute Gasteiger partial charge is 0.258 e. The number of sulfone groups is 1. The molecule has 0 saturated heterocycles. The lowest BCUT2D eigenvalue weighted by molar-refractivity contribution is -0.123. The van der Waals surface area contributed by atoms with Crippen LogP contribution in [0.25, 0.3) is 0 Å². The molecule has 0 aliphatic heterocycles. The van der Waals surface area contributed by atoms with E-state index >= 15 is 0 Å². The first-order valence-corrected chi connectivity index (χ1v) is 10.3. The van der Waals surface area contributed by atoms with Crippen molar-refractivity contribution in [1.29, 1.82) is 0 Å². The van der Waals surface area contributed by atoms with Gasteiger partial charge in [0, 0.05) is 11.3 Å². The Kier molecular flexibility index (Phi) is 6.31. The van der Waals surface area contributed by atoms with Gasteiger partial charge in [0.05, 0.1) is 10.9 Å². The molecule has 2 aromatic carbocycles. The summed E-state index contributed by atoms with van der Waals surface area (Å²) in [7, 11) is -3.23. The number of amides is 1. The van der Waals surface area contributed by atoms with E-state index in [0.29, 0.717) is 10.8 Å². The van der Waals surface area contributed by atoms with E-state index < -0.39 is 9.84 Å². The van der Waals surface area contributed by atoms with E-state index in [2.05, 4.69) is 5.32 Å². The van der Waals surface area contributed by atoms with Gasteiger partial charge in [0.2, 0.25) is 0 Å². The Morgan fingerprint density at radius 1 is 1.15 bits per heavy atom. The Morgan fingerprint density at radius 2 is 1.69 bits per heavy atom. The van der Waals surface area contributed by atoms with Crippen LogP contribution in [-0.4, -0.2) is 27.2 Å². The standard InChI is InChI=1S/C19H22ClNO4S/c1-12-9-16(10-13(2)19(12)20)25-11-18(22)21-14(3)15-5-7-17(8-6-15)26(4,23)24/h5-10,14H,11H2,1-4H3,(H,21,22)/t14-/m0/s1. The molecule has 0 aromatic heterocycles. The van der Waals surface area contributed by atoms with Crippen LogP contribution in [0.5, 0.6) is 5.75 Å². The van der Waals surface area contributed by atoms with Gasteiger partial charge in [-0.15, -0.1) is 0 Å². The van der Waals surface area contributed by atoms with Crippen molar-refractivity contribution in [2.24, 2.45) is 0 Å². The van der Waals surface area contributed by atoms with E-state index in [0.717, 1.165) is 22.9 Å². The Bertz CT molecular complexity index is 885. The van der Waals surface area contributed by atoms with Gasteiger partial charge in [-0.3, -0.25) is 4.79 Å². The van der Waals surface area contributed by atoms with Gasteiger partial charge >= 0.3 is 0 Å². The fourth-order valence-corrected chi connectivity index (χ4v) is 3.25. The number of hydrogen-bond acceptors (Lipinski definition) is 4. The van der Waals surface area contributed by atoms with Gasteiger partial charge in [0.25, 0.3) is 5.91 Å². The Balaban J connectivity index is 1.95. The highest BCUT2D eigenvalue weighted by Crippen LogP contribution is 2.25. The van der Waals surface area contributed by atoms with Crippen LogP contribution in [-0.2, 0) is 14.6 Å². The molecule has 0 bridgehead atoms. The number of carbonyl (C=O) groups excluding carboxylic acids is 1. The fraction of sp³-hybridized carbons (Fsp3) is 0.316. The van der Waals surface area contributed by atoms with Gasteiger partial charge in [0.1, 0.15) is 5.75 Å². The number of aryl methyl sites for hydroxylation is 2. The summed E-state index contributed by atoms with van der Waals surface area (Å²) in [4.78, 5) is 12.4. The summed E-state index contributed by atoms with van der Waals surface area (Å²) in [5.41, 5.74) is 2.59. The van der Waals surface area contributed by atoms with E-state index in [4.69, 9.17) is 16.3 Å². The first-order chi connectivity index (χ1) is 12.1. The number of nitrogens with one attached hydrogen (secondary N) is 1. The highest BCUT2D eigenvalue weighted by molar-refractivity contribution is 7.90. The highest BCUT2D eigenvalue weighted by atomic mass is 35.5. The zero-order chi connectivity index (χ0) is 19.5.